The number of carbonyl (C=O) groups excluding carboxylic acids is 2. The fourth-order valence-electron chi connectivity index (χ4n) is 2.89. The zero-order valence-corrected chi connectivity index (χ0v) is 17.5. The molecule has 0 saturated carbocycles. The fourth-order valence-corrected chi connectivity index (χ4v) is 4.72. The second-order valence-corrected chi connectivity index (χ2v) is 9.17. The molecule has 1 atom stereocenters. The van der Waals surface area contributed by atoms with Gasteiger partial charge in [0.25, 0.3) is 0 Å². The molecule has 3 aromatic carbocycles. The maximum absolute atomic E-state index is 13.0. The van der Waals surface area contributed by atoms with Gasteiger partial charge in [0.15, 0.2) is 5.78 Å². The number of ketones is 1. The Labute approximate surface area is 175 Å². The van der Waals surface area contributed by atoms with Crippen LogP contribution in [0.1, 0.15) is 15.9 Å². The Morgan fingerprint density at radius 1 is 0.828 bits per heavy atom. The number of benzene rings is 3. The molecule has 29 heavy (non-hydrogen) atoms. The van der Waals surface area contributed by atoms with Crippen LogP contribution in [0.15, 0.2) is 77.3 Å². The smallest absolute Gasteiger partial charge is 0.308 e. The lowest BCUT2D eigenvalue weighted by molar-refractivity contribution is 0.103. The first-order valence-electron chi connectivity index (χ1n) is 8.67. The Bertz CT molecular complexity index is 1140. The van der Waals surface area contributed by atoms with Crippen LogP contribution < -0.4 is 20.6 Å². The van der Waals surface area contributed by atoms with Crippen molar-refractivity contribution >= 4 is 52.4 Å². The normalized spacial score (nSPS) is 16.9. The summed E-state index contributed by atoms with van der Waals surface area (Å²) in [4.78, 5) is 24.8. The molecular formula is C20H16BrN4O3P. The summed E-state index contributed by atoms with van der Waals surface area (Å²) < 4.78 is 13.9. The molecule has 2 amide bonds. The minimum Gasteiger partial charge on any atom is -0.308 e. The van der Waals surface area contributed by atoms with Gasteiger partial charge in [-0.1, -0.05) is 46.3 Å². The molecule has 7 nitrogen and oxygen atoms in total. The number of fused-ring (bicyclic) bond motifs is 1. The predicted molar refractivity (Wildman–Crippen MR) is 117 cm³/mol. The molecule has 0 fully saturated rings. The zero-order valence-electron chi connectivity index (χ0n) is 15.0. The van der Waals surface area contributed by atoms with E-state index in [9.17, 15) is 14.2 Å². The topological polar surface area (TPSA) is 99.3 Å². The first-order valence-corrected chi connectivity index (χ1v) is 11.2. The van der Waals surface area contributed by atoms with Crippen LogP contribution in [0.4, 0.5) is 21.9 Å². The molecular weight excluding hydrogens is 455 g/mol. The summed E-state index contributed by atoms with van der Waals surface area (Å²) >= 11 is 3.32. The van der Waals surface area contributed by atoms with E-state index in [4.69, 9.17) is 0 Å². The van der Waals surface area contributed by atoms with E-state index in [-0.39, 0.29) is 5.78 Å². The molecule has 0 aromatic heterocycles. The molecule has 4 rings (SSSR count). The number of rotatable bonds is 4. The van der Waals surface area contributed by atoms with Crippen LogP contribution in [0.5, 0.6) is 0 Å². The molecule has 0 bridgehead atoms. The van der Waals surface area contributed by atoms with Gasteiger partial charge in [0.2, 0.25) is 0 Å². The second-order valence-electron chi connectivity index (χ2n) is 6.36. The van der Waals surface area contributed by atoms with E-state index in [1.165, 1.54) is 0 Å². The number of carbonyl (C=O) groups is 2. The number of hydrogen-bond donors (Lipinski definition) is 4. The van der Waals surface area contributed by atoms with Gasteiger partial charge < -0.3 is 15.5 Å². The fraction of sp³-hybridized carbons (Fsp3) is 0. The van der Waals surface area contributed by atoms with E-state index >= 15 is 0 Å². The standard InChI is InChI=1S/C20H16BrN4O3P/c21-15-7-9-16(10-8-15)22-20(27)25-29(28)23-17-11-6-14(12-18(17)24-29)19(26)13-4-2-1-3-5-13/h1-12H,(H4,22,23,24,25,27,28). The molecule has 0 aliphatic carbocycles. The summed E-state index contributed by atoms with van der Waals surface area (Å²) in [6.45, 7) is 0. The highest BCUT2D eigenvalue weighted by molar-refractivity contribution is 9.10. The maximum atomic E-state index is 13.0. The summed E-state index contributed by atoms with van der Waals surface area (Å²) in [6.07, 6.45) is 0. The first-order chi connectivity index (χ1) is 13.9. The lowest BCUT2D eigenvalue weighted by atomic mass is 10.0. The molecule has 1 aliphatic rings. The van der Waals surface area contributed by atoms with Crippen LogP contribution in [0.25, 0.3) is 0 Å². The van der Waals surface area contributed by atoms with Crippen molar-refractivity contribution in [2.24, 2.45) is 0 Å². The molecule has 1 unspecified atom stereocenters. The van der Waals surface area contributed by atoms with E-state index in [1.54, 1.807) is 66.7 Å². The SMILES string of the molecule is O=C(Nc1ccc(Br)cc1)NP1(=O)Nc2ccc(C(=O)c3ccccc3)cc2N1. The molecule has 0 radical (unpaired) electrons. The van der Waals surface area contributed by atoms with E-state index < -0.39 is 13.6 Å². The number of urea groups is 1. The Hall–Kier alpha value is -3.09. The molecule has 3 aromatic rings. The number of anilines is 3. The van der Waals surface area contributed by atoms with Crippen molar-refractivity contribution in [1.82, 2.24) is 5.09 Å². The van der Waals surface area contributed by atoms with E-state index in [2.05, 4.69) is 36.5 Å². The zero-order chi connectivity index (χ0) is 20.4. The summed E-state index contributed by atoms with van der Waals surface area (Å²) in [7, 11) is -3.46. The number of halogens is 1. The van der Waals surface area contributed by atoms with Gasteiger partial charge in [-0.15, -0.1) is 0 Å². The van der Waals surface area contributed by atoms with Gasteiger partial charge in [0, 0.05) is 21.3 Å². The van der Waals surface area contributed by atoms with Crippen LogP contribution in [-0.2, 0) is 4.57 Å². The average molecular weight is 471 g/mol. The minimum atomic E-state index is -3.46. The Kier molecular flexibility index (Phi) is 5.13. The summed E-state index contributed by atoms with van der Waals surface area (Å²) in [5.41, 5.74) is 2.61. The van der Waals surface area contributed by atoms with E-state index in [0.29, 0.717) is 28.2 Å². The number of amides is 2. The van der Waals surface area contributed by atoms with E-state index in [0.717, 1.165) is 4.47 Å². The second kappa shape index (κ2) is 7.73. The van der Waals surface area contributed by atoms with Crippen molar-refractivity contribution in [2.45, 2.75) is 0 Å². The maximum Gasteiger partial charge on any atom is 0.356 e. The van der Waals surface area contributed by atoms with Crippen LogP contribution in [0.2, 0.25) is 0 Å². The highest BCUT2D eigenvalue weighted by Gasteiger charge is 2.33. The molecule has 0 saturated heterocycles. The van der Waals surface area contributed by atoms with Crippen molar-refractivity contribution < 1.29 is 14.2 Å². The molecule has 146 valence electrons. The van der Waals surface area contributed by atoms with Gasteiger partial charge in [0.05, 0.1) is 11.4 Å². The summed E-state index contributed by atoms with van der Waals surface area (Å²) in [6, 6.07) is 20.2. The van der Waals surface area contributed by atoms with Crippen LogP contribution in [-0.4, -0.2) is 11.8 Å². The average Bonchev–Trinajstić information content (AvgIpc) is 3.04. The first kappa shape index (κ1) is 19.2. The third kappa shape index (κ3) is 4.34. The minimum absolute atomic E-state index is 0.141. The predicted octanol–water partition coefficient (Wildman–Crippen LogP) is 5.45. The van der Waals surface area contributed by atoms with Gasteiger partial charge in [-0.05, 0) is 42.5 Å². The third-order valence-electron chi connectivity index (χ3n) is 4.23. The highest BCUT2D eigenvalue weighted by Crippen LogP contribution is 2.51. The van der Waals surface area contributed by atoms with Crippen LogP contribution in [0.3, 0.4) is 0 Å². The lowest BCUT2D eigenvalue weighted by Gasteiger charge is -2.15. The molecule has 1 heterocycles. The molecule has 0 spiro atoms. The third-order valence-corrected chi connectivity index (χ3v) is 6.39. The van der Waals surface area contributed by atoms with Crippen LogP contribution in [0, 0.1) is 0 Å². The van der Waals surface area contributed by atoms with Gasteiger partial charge in [-0.25, -0.2) is 4.79 Å². The Balaban J connectivity index is 1.46. The Morgan fingerprint density at radius 2 is 1.52 bits per heavy atom. The Morgan fingerprint density at radius 3 is 2.24 bits per heavy atom. The van der Waals surface area contributed by atoms with Crippen molar-refractivity contribution in [1.29, 1.82) is 0 Å². The molecule has 9 heteroatoms. The highest BCUT2D eigenvalue weighted by atomic mass is 79.9. The van der Waals surface area contributed by atoms with Gasteiger partial charge in [-0.3, -0.25) is 14.4 Å². The van der Waals surface area contributed by atoms with Gasteiger partial charge in [0.1, 0.15) is 0 Å². The monoisotopic (exact) mass is 470 g/mol. The largest absolute Gasteiger partial charge is 0.356 e. The van der Waals surface area contributed by atoms with Crippen molar-refractivity contribution in [2.75, 3.05) is 15.5 Å². The summed E-state index contributed by atoms with van der Waals surface area (Å²) in [5.74, 6) is -0.141. The van der Waals surface area contributed by atoms with Gasteiger partial charge in [-0.2, -0.15) is 0 Å². The number of nitrogens with one attached hydrogen (secondary N) is 4. The molecule has 1 aliphatic heterocycles. The van der Waals surface area contributed by atoms with Gasteiger partial charge >= 0.3 is 13.6 Å². The van der Waals surface area contributed by atoms with Crippen LogP contribution >= 0.6 is 23.5 Å². The van der Waals surface area contributed by atoms with Crippen molar-refractivity contribution in [3.63, 3.8) is 0 Å². The number of hydrogen-bond acceptors (Lipinski definition) is 3. The quantitative estimate of drug-likeness (QED) is 0.300. The molecule has 4 N–H and O–H groups in total. The summed E-state index contributed by atoms with van der Waals surface area (Å²) in [5, 5.41) is 10.6. The van der Waals surface area contributed by atoms with Crippen molar-refractivity contribution in [3.8, 4) is 0 Å². The van der Waals surface area contributed by atoms with Crippen molar-refractivity contribution in [3.05, 3.63) is 88.4 Å². The van der Waals surface area contributed by atoms with E-state index in [1.807, 2.05) is 6.07 Å². The lowest BCUT2D eigenvalue weighted by Crippen LogP contribution is -2.29.